The van der Waals surface area contributed by atoms with Gasteiger partial charge in [0.25, 0.3) is 0 Å². The van der Waals surface area contributed by atoms with E-state index in [-0.39, 0.29) is 18.0 Å². The smallest absolute Gasteiger partial charge is 0.220 e. The Labute approximate surface area is 121 Å². The average Bonchev–Trinajstić information content (AvgIpc) is 2.80. The molecule has 0 bridgehead atoms. The Hall–Kier alpha value is -1.07. The highest BCUT2D eigenvalue weighted by atomic mass is 79.9. The van der Waals surface area contributed by atoms with Crippen LogP contribution in [0.1, 0.15) is 37.8 Å². The van der Waals surface area contributed by atoms with Gasteiger partial charge in [-0.3, -0.25) is 4.79 Å². The summed E-state index contributed by atoms with van der Waals surface area (Å²) in [5, 5.41) is 16.3. The van der Waals surface area contributed by atoms with Gasteiger partial charge in [-0.25, -0.2) is 0 Å². The number of hydrogen-bond acceptors (Lipinski definition) is 3. The number of aromatic hydroxyl groups is 1. The zero-order chi connectivity index (χ0) is 13.8. The number of carbonyl (C=O) groups excluding carboxylic acids is 1. The van der Waals surface area contributed by atoms with Crippen LogP contribution in [-0.4, -0.2) is 23.6 Å². The Balaban J connectivity index is 1.99. The fraction of sp³-hybridized carbons (Fsp3) is 0.500. The summed E-state index contributed by atoms with van der Waals surface area (Å²) in [7, 11) is 0. The summed E-state index contributed by atoms with van der Waals surface area (Å²) >= 11 is 3.42. The summed E-state index contributed by atoms with van der Waals surface area (Å²) in [5.74, 6) is 0.433. The van der Waals surface area contributed by atoms with Crippen LogP contribution in [-0.2, 0) is 4.79 Å². The highest BCUT2D eigenvalue weighted by Crippen LogP contribution is 2.29. The molecular formula is C14H19BrN2O2. The van der Waals surface area contributed by atoms with Gasteiger partial charge in [0.05, 0.1) is 0 Å². The average molecular weight is 327 g/mol. The van der Waals surface area contributed by atoms with E-state index in [1.807, 2.05) is 12.1 Å². The van der Waals surface area contributed by atoms with Gasteiger partial charge in [0.1, 0.15) is 5.75 Å². The molecule has 1 fully saturated rings. The summed E-state index contributed by atoms with van der Waals surface area (Å²) in [5.41, 5.74) is 0.890. The molecule has 1 aliphatic heterocycles. The molecule has 0 radical (unpaired) electrons. The molecule has 2 unspecified atom stereocenters. The van der Waals surface area contributed by atoms with E-state index in [2.05, 4.69) is 33.5 Å². The third-order valence-corrected chi connectivity index (χ3v) is 3.96. The zero-order valence-electron chi connectivity index (χ0n) is 10.9. The van der Waals surface area contributed by atoms with E-state index in [4.69, 9.17) is 0 Å². The Morgan fingerprint density at radius 3 is 3.00 bits per heavy atom. The standard InChI is InChI=1S/C14H19BrN2O2/c1-2-12(11-7-9(15)3-5-13(11)18)16-8-10-4-6-14(19)17-10/h3,5,7,10,12,16,18H,2,4,6,8H2,1H3,(H,17,19). The first-order valence-electron chi connectivity index (χ1n) is 6.61. The third-order valence-electron chi connectivity index (χ3n) is 3.47. The van der Waals surface area contributed by atoms with E-state index in [9.17, 15) is 9.90 Å². The van der Waals surface area contributed by atoms with Crippen LogP contribution >= 0.6 is 15.9 Å². The minimum Gasteiger partial charge on any atom is -0.508 e. The Bertz CT molecular complexity index is 465. The molecule has 0 spiro atoms. The summed E-state index contributed by atoms with van der Waals surface area (Å²) in [6.45, 7) is 2.81. The number of rotatable bonds is 5. The minimum absolute atomic E-state index is 0.0926. The Morgan fingerprint density at radius 2 is 2.37 bits per heavy atom. The molecule has 1 heterocycles. The van der Waals surface area contributed by atoms with Crippen LogP contribution in [0, 0.1) is 0 Å². The van der Waals surface area contributed by atoms with Crippen molar-refractivity contribution < 1.29 is 9.90 Å². The maximum Gasteiger partial charge on any atom is 0.220 e. The number of benzene rings is 1. The number of nitrogens with one attached hydrogen (secondary N) is 2. The number of amides is 1. The predicted octanol–water partition coefficient (Wildman–Crippen LogP) is 2.47. The van der Waals surface area contributed by atoms with Crippen LogP contribution in [0.3, 0.4) is 0 Å². The molecule has 3 N–H and O–H groups in total. The number of hydrogen-bond donors (Lipinski definition) is 3. The molecule has 1 aromatic rings. The SMILES string of the molecule is CCC(NCC1CCC(=O)N1)c1cc(Br)ccc1O. The zero-order valence-corrected chi connectivity index (χ0v) is 12.5. The number of carbonyl (C=O) groups is 1. The second kappa shape index (κ2) is 6.39. The molecule has 1 amide bonds. The molecule has 19 heavy (non-hydrogen) atoms. The Morgan fingerprint density at radius 1 is 1.58 bits per heavy atom. The van der Waals surface area contributed by atoms with Crippen molar-refractivity contribution in [3.05, 3.63) is 28.2 Å². The van der Waals surface area contributed by atoms with E-state index in [1.165, 1.54) is 0 Å². The van der Waals surface area contributed by atoms with Crippen molar-refractivity contribution in [2.24, 2.45) is 0 Å². The van der Waals surface area contributed by atoms with Crippen LogP contribution in [0.5, 0.6) is 5.75 Å². The van der Waals surface area contributed by atoms with Gasteiger partial charge >= 0.3 is 0 Å². The third kappa shape index (κ3) is 3.70. The molecule has 2 rings (SSSR count). The highest BCUT2D eigenvalue weighted by molar-refractivity contribution is 9.10. The lowest BCUT2D eigenvalue weighted by atomic mass is 10.0. The van der Waals surface area contributed by atoms with Gasteiger partial charge in [0, 0.05) is 35.1 Å². The van der Waals surface area contributed by atoms with Crippen LogP contribution in [0.25, 0.3) is 0 Å². The molecule has 2 atom stereocenters. The predicted molar refractivity (Wildman–Crippen MR) is 78.0 cm³/mol. The number of phenolic OH excluding ortho intramolecular Hbond substituents is 1. The number of halogens is 1. The van der Waals surface area contributed by atoms with Crippen molar-refractivity contribution in [3.8, 4) is 5.75 Å². The first-order valence-corrected chi connectivity index (χ1v) is 7.40. The fourth-order valence-corrected chi connectivity index (χ4v) is 2.77. The van der Waals surface area contributed by atoms with Crippen molar-refractivity contribution in [2.45, 2.75) is 38.3 Å². The van der Waals surface area contributed by atoms with Crippen molar-refractivity contribution in [3.63, 3.8) is 0 Å². The molecule has 1 saturated heterocycles. The lowest BCUT2D eigenvalue weighted by molar-refractivity contribution is -0.119. The molecule has 0 saturated carbocycles. The second-order valence-electron chi connectivity index (χ2n) is 4.88. The summed E-state index contributed by atoms with van der Waals surface area (Å²) < 4.78 is 0.953. The van der Waals surface area contributed by atoms with E-state index >= 15 is 0 Å². The molecular weight excluding hydrogens is 308 g/mol. The monoisotopic (exact) mass is 326 g/mol. The summed E-state index contributed by atoms with van der Waals surface area (Å²) in [6, 6.07) is 5.75. The van der Waals surface area contributed by atoms with Crippen LogP contribution < -0.4 is 10.6 Å². The second-order valence-corrected chi connectivity index (χ2v) is 5.79. The minimum atomic E-state index is 0.0926. The first-order chi connectivity index (χ1) is 9.10. The van der Waals surface area contributed by atoms with Gasteiger partial charge in [0.15, 0.2) is 0 Å². The fourth-order valence-electron chi connectivity index (χ4n) is 2.39. The maximum absolute atomic E-state index is 11.2. The lowest BCUT2D eigenvalue weighted by Crippen LogP contribution is -2.37. The maximum atomic E-state index is 11.2. The molecule has 5 heteroatoms. The molecule has 0 aromatic heterocycles. The van der Waals surface area contributed by atoms with Crippen LogP contribution in [0.15, 0.2) is 22.7 Å². The van der Waals surface area contributed by atoms with Crippen molar-refractivity contribution in [1.82, 2.24) is 10.6 Å². The van der Waals surface area contributed by atoms with Crippen molar-refractivity contribution in [1.29, 1.82) is 0 Å². The number of phenols is 1. The quantitative estimate of drug-likeness (QED) is 0.779. The molecule has 1 aromatic carbocycles. The topological polar surface area (TPSA) is 61.4 Å². The lowest BCUT2D eigenvalue weighted by Gasteiger charge is -2.21. The molecule has 0 aliphatic carbocycles. The van der Waals surface area contributed by atoms with E-state index in [1.54, 1.807) is 6.07 Å². The van der Waals surface area contributed by atoms with Gasteiger partial charge in [-0.2, -0.15) is 0 Å². The van der Waals surface area contributed by atoms with Crippen molar-refractivity contribution >= 4 is 21.8 Å². The largest absolute Gasteiger partial charge is 0.508 e. The van der Waals surface area contributed by atoms with E-state index in [0.717, 1.165) is 29.4 Å². The highest BCUT2D eigenvalue weighted by Gasteiger charge is 2.22. The molecule has 4 nitrogen and oxygen atoms in total. The van der Waals surface area contributed by atoms with E-state index < -0.39 is 0 Å². The van der Waals surface area contributed by atoms with Gasteiger partial charge in [-0.05, 0) is 31.0 Å². The van der Waals surface area contributed by atoms with Gasteiger partial charge < -0.3 is 15.7 Å². The summed E-state index contributed by atoms with van der Waals surface area (Å²) in [4.78, 5) is 11.2. The van der Waals surface area contributed by atoms with Gasteiger partial charge in [-0.1, -0.05) is 22.9 Å². The first kappa shape index (κ1) is 14.3. The van der Waals surface area contributed by atoms with Gasteiger partial charge in [-0.15, -0.1) is 0 Å². The van der Waals surface area contributed by atoms with Crippen LogP contribution in [0.2, 0.25) is 0 Å². The normalized spacial score (nSPS) is 20.3. The van der Waals surface area contributed by atoms with E-state index in [0.29, 0.717) is 12.2 Å². The van der Waals surface area contributed by atoms with Crippen molar-refractivity contribution in [2.75, 3.05) is 6.54 Å². The van der Waals surface area contributed by atoms with Crippen LogP contribution in [0.4, 0.5) is 0 Å². The Kier molecular flexibility index (Phi) is 4.82. The molecule has 1 aliphatic rings. The molecule has 104 valence electrons. The summed E-state index contributed by atoms with van der Waals surface area (Å²) in [6.07, 6.45) is 2.38. The van der Waals surface area contributed by atoms with Gasteiger partial charge in [0.2, 0.25) is 5.91 Å².